The molecule has 1 N–H and O–H groups in total. The summed E-state index contributed by atoms with van der Waals surface area (Å²) in [5.41, 5.74) is 1.27. The number of carbonyl (C=O) groups is 1. The van der Waals surface area contributed by atoms with Crippen LogP contribution in [-0.2, 0) is 11.2 Å². The topological polar surface area (TPSA) is 58.4 Å². The van der Waals surface area contributed by atoms with Gasteiger partial charge in [-0.1, -0.05) is 35.5 Å². The summed E-state index contributed by atoms with van der Waals surface area (Å²) < 4.78 is 5.48. The smallest absolute Gasteiger partial charge is 0.242 e. The molecular weight excluding hydrogens is 278 g/mol. The van der Waals surface area contributed by atoms with Crippen LogP contribution in [-0.4, -0.2) is 42.1 Å². The van der Waals surface area contributed by atoms with Crippen molar-refractivity contribution in [3.8, 4) is 11.3 Å². The highest BCUT2D eigenvalue weighted by molar-refractivity contribution is 5.86. The summed E-state index contributed by atoms with van der Waals surface area (Å²) in [6.45, 7) is 0.860. The van der Waals surface area contributed by atoms with Crippen LogP contribution in [0.15, 0.2) is 40.9 Å². The molecule has 0 unspecified atom stereocenters. The zero-order valence-corrected chi connectivity index (χ0v) is 13.0. The minimum atomic E-state index is -0.559. The van der Waals surface area contributed by atoms with Gasteiger partial charge in [-0.2, -0.15) is 0 Å². The molecular formula is C17H21N3O2. The van der Waals surface area contributed by atoms with Crippen LogP contribution >= 0.6 is 0 Å². The lowest BCUT2D eigenvalue weighted by Crippen LogP contribution is -2.54. The Morgan fingerprint density at radius 2 is 2.14 bits per heavy atom. The number of amides is 1. The van der Waals surface area contributed by atoms with Crippen LogP contribution in [0.2, 0.25) is 0 Å². The van der Waals surface area contributed by atoms with Crippen molar-refractivity contribution >= 4 is 5.91 Å². The summed E-state index contributed by atoms with van der Waals surface area (Å²) >= 11 is 0. The molecule has 1 aromatic heterocycles. The second-order valence-electron chi connectivity index (χ2n) is 6.03. The first-order valence-corrected chi connectivity index (χ1v) is 7.58. The predicted octanol–water partition coefficient (Wildman–Crippen LogP) is 2.09. The van der Waals surface area contributed by atoms with E-state index in [0.717, 1.165) is 36.4 Å². The molecule has 116 valence electrons. The largest absolute Gasteiger partial charge is 0.361 e. The van der Waals surface area contributed by atoms with E-state index in [1.165, 1.54) is 0 Å². The van der Waals surface area contributed by atoms with E-state index >= 15 is 0 Å². The Labute approximate surface area is 130 Å². The Morgan fingerprint density at radius 3 is 2.77 bits per heavy atom. The maximum atomic E-state index is 12.5. The maximum Gasteiger partial charge on any atom is 0.242 e. The van der Waals surface area contributed by atoms with Crippen molar-refractivity contribution in [2.75, 3.05) is 20.6 Å². The van der Waals surface area contributed by atoms with Crippen molar-refractivity contribution in [3.05, 3.63) is 42.2 Å². The fraction of sp³-hybridized carbons (Fsp3) is 0.412. The van der Waals surface area contributed by atoms with Gasteiger partial charge in [0.25, 0.3) is 0 Å². The normalized spacial score (nSPS) is 21.0. The van der Waals surface area contributed by atoms with Crippen molar-refractivity contribution in [1.29, 1.82) is 0 Å². The molecule has 2 heterocycles. The number of carbonyl (C=O) groups excluding carboxylic acids is 1. The van der Waals surface area contributed by atoms with E-state index in [9.17, 15) is 4.79 Å². The summed E-state index contributed by atoms with van der Waals surface area (Å²) in [4.78, 5) is 14.2. The molecule has 5 heteroatoms. The Hall–Kier alpha value is -2.14. The average molecular weight is 299 g/mol. The molecule has 0 saturated carbocycles. The molecule has 1 atom stereocenters. The second kappa shape index (κ2) is 5.93. The van der Waals surface area contributed by atoms with Crippen LogP contribution in [0.1, 0.15) is 18.6 Å². The lowest BCUT2D eigenvalue weighted by molar-refractivity contribution is -0.135. The third-order valence-electron chi connectivity index (χ3n) is 4.16. The summed E-state index contributed by atoms with van der Waals surface area (Å²) in [7, 11) is 3.58. The Morgan fingerprint density at radius 1 is 1.36 bits per heavy atom. The van der Waals surface area contributed by atoms with Gasteiger partial charge in [0.15, 0.2) is 0 Å². The number of benzene rings is 1. The van der Waals surface area contributed by atoms with Crippen LogP contribution in [0.4, 0.5) is 0 Å². The van der Waals surface area contributed by atoms with Gasteiger partial charge >= 0.3 is 0 Å². The lowest BCUT2D eigenvalue weighted by atomic mass is 9.90. The van der Waals surface area contributed by atoms with Gasteiger partial charge in [0.2, 0.25) is 5.91 Å². The first-order valence-electron chi connectivity index (χ1n) is 7.58. The molecule has 2 aromatic rings. The molecule has 1 saturated heterocycles. The van der Waals surface area contributed by atoms with Crippen molar-refractivity contribution in [2.45, 2.75) is 24.8 Å². The minimum absolute atomic E-state index is 0.0997. The Kier molecular flexibility index (Phi) is 3.98. The summed E-state index contributed by atoms with van der Waals surface area (Å²) in [6.07, 6.45) is 2.36. The molecule has 0 aliphatic carbocycles. The van der Waals surface area contributed by atoms with Gasteiger partial charge in [-0.25, -0.2) is 0 Å². The van der Waals surface area contributed by atoms with Crippen molar-refractivity contribution < 1.29 is 9.32 Å². The molecule has 0 radical (unpaired) electrons. The van der Waals surface area contributed by atoms with Crippen LogP contribution in [0.5, 0.6) is 0 Å². The first kappa shape index (κ1) is 14.8. The molecule has 3 rings (SSSR count). The van der Waals surface area contributed by atoms with Gasteiger partial charge in [0, 0.05) is 32.1 Å². The summed E-state index contributed by atoms with van der Waals surface area (Å²) in [5.74, 6) is 0.839. The summed E-state index contributed by atoms with van der Waals surface area (Å²) in [5, 5.41) is 7.51. The quantitative estimate of drug-likeness (QED) is 0.939. The SMILES string of the molecule is CN(C)C(=O)[C@]1(Cc2cc(-c3ccccc3)no2)CCCN1. The van der Waals surface area contributed by atoms with E-state index in [1.54, 1.807) is 19.0 Å². The van der Waals surface area contributed by atoms with Crippen LogP contribution in [0.3, 0.4) is 0 Å². The lowest BCUT2D eigenvalue weighted by Gasteiger charge is -2.30. The molecule has 1 aliphatic rings. The number of nitrogens with zero attached hydrogens (tertiary/aromatic N) is 2. The maximum absolute atomic E-state index is 12.5. The number of likely N-dealkylation sites (N-methyl/N-ethyl adjacent to an activating group) is 1. The zero-order valence-electron chi connectivity index (χ0n) is 13.0. The standard InChI is InChI=1S/C17H21N3O2/c1-20(2)16(21)17(9-6-10-18-17)12-14-11-15(19-22-14)13-7-4-3-5-8-13/h3-5,7-8,11,18H,6,9-10,12H2,1-2H3/t17-/m1/s1. The van der Waals surface area contributed by atoms with E-state index in [-0.39, 0.29) is 5.91 Å². The molecule has 1 fully saturated rings. The number of rotatable bonds is 4. The van der Waals surface area contributed by atoms with Gasteiger partial charge in [0.1, 0.15) is 17.0 Å². The van der Waals surface area contributed by atoms with E-state index in [4.69, 9.17) is 4.52 Å². The van der Waals surface area contributed by atoms with Crippen molar-refractivity contribution in [1.82, 2.24) is 15.4 Å². The highest BCUT2D eigenvalue weighted by Crippen LogP contribution is 2.28. The zero-order chi connectivity index (χ0) is 15.6. The van der Waals surface area contributed by atoms with Gasteiger partial charge < -0.3 is 14.7 Å². The van der Waals surface area contributed by atoms with Crippen LogP contribution in [0.25, 0.3) is 11.3 Å². The second-order valence-corrected chi connectivity index (χ2v) is 6.03. The number of hydrogen-bond acceptors (Lipinski definition) is 4. The number of nitrogens with one attached hydrogen (secondary N) is 1. The molecule has 1 amide bonds. The fourth-order valence-corrected chi connectivity index (χ4v) is 3.08. The Balaban J connectivity index is 1.83. The monoisotopic (exact) mass is 299 g/mol. The van der Waals surface area contributed by atoms with E-state index < -0.39 is 5.54 Å². The number of hydrogen-bond donors (Lipinski definition) is 1. The van der Waals surface area contributed by atoms with Crippen molar-refractivity contribution in [3.63, 3.8) is 0 Å². The van der Waals surface area contributed by atoms with Crippen LogP contribution in [0, 0.1) is 0 Å². The molecule has 5 nitrogen and oxygen atoms in total. The van der Waals surface area contributed by atoms with Gasteiger partial charge in [-0.05, 0) is 19.4 Å². The number of aromatic nitrogens is 1. The Bertz CT molecular complexity index is 643. The van der Waals surface area contributed by atoms with Crippen molar-refractivity contribution in [2.24, 2.45) is 0 Å². The molecule has 1 aliphatic heterocycles. The minimum Gasteiger partial charge on any atom is -0.361 e. The van der Waals surface area contributed by atoms with Gasteiger partial charge in [0.05, 0.1) is 0 Å². The van der Waals surface area contributed by atoms with Gasteiger partial charge in [-0.15, -0.1) is 0 Å². The highest BCUT2D eigenvalue weighted by atomic mass is 16.5. The third kappa shape index (κ3) is 2.76. The third-order valence-corrected chi connectivity index (χ3v) is 4.16. The highest BCUT2D eigenvalue weighted by Gasteiger charge is 2.42. The van der Waals surface area contributed by atoms with E-state index in [1.807, 2.05) is 36.4 Å². The van der Waals surface area contributed by atoms with E-state index in [2.05, 4.69) is 10.5 Å². The molecule has 0 spiro atoms. The molecule has 22 heavy (non-hydrogen) atoms. The summed E-state index contributed by atoms with van der Waals surface area (Å²) in [6, 6.07) is 11.8. The first-order chi connectivity index (χ1) is 10.6. The average Bonchev–Trinajstić information content (AvgIpc) is 3.18. The van der Waals surface area contributed by atoms with Gasteiger partial charge in [-0.3, -0.25) is 4.79 Å². The van der Waals surface area contributed by atoms with E-state index in [0.29, 0.717) is 6.42 Å². The molecule has 1 aromatic carbocycles. The predicted molar refractivity (Wildman–Crippen MR) is 84.3 cm³/mol. The van der Waals surface area contributed by atoms with Crippen LogP contribution < -0.4 is 5.32 Å². The fourth-order valence-electron chi connectivity index (χ4n) is 3.08. The molecule has 0 bridgehead atoms.